The smallest absolute Gasteiger partial charge is 0.215 e. The molecule has 1 aliphatic carbocycles. The summed E-state index contributed by atoms with van der Waals surface area (Å²) in [4.78, 5) is 37.4. The van der Waals surface area contributed by atoms with Gasteiger partial charge in [0.05, 0.1) is 36.6 Å². The molecule has 9 nitrogen and oxygen atoms in total. The van der Waals surface area contributed by atoms with Gasteiger partial charge in [0.25, 0.3) is 0 Å². The van der Waals surface area contributed by atoms with Crippen LogP contribution in [0.1, 0.15) is 24.0 Å². The van der Waals surface area contributed by atoms with Crippen molar-refractivity contribution in [1.29, 1.82) is 0 Å². The van der Waals surface area contributed by atoms with E-state index in [-0.39, 0.29) is 35.9 Å². The first-order chi connectivity index (χ1) is 21.8. The van der Waals surface area contributed by atoms with E-state index in [0.717, 1.165) is 32.8 Å². The molecule has 2 aromatic carbocycles. The van der Waals surface area contributed by atoms with Crippen LogP contribution in [0.4, 0.5) is 8.78 Å². The summed E-state index contributed by atoms with van der Waals surface area (Å²) in [6.07, 6.45) is 3.92. The zero-order chi connectivity index (χ0) is 31.4. The lowest BCUT2D eigenvalue weighted by Crippen LogP contribution is -2.38. The summed E-state index contributed by atoms with van der Waals surface area (Å²) in [5.74, 6) is -0.834. The van der Waals surface area contributed by atoms with Crippen molar-refractivity contribution >= 4 is 22.5 Å². The third-order valence-electron chi connectivity index (χ3n) is 8.30. The molecule has 1 saturated carbocycles. The van der Waals surface area contributed by atoms with E-state index in [4.69, 9.17) is 18.9 Å². The van der Waals surface area contributed by atoms with Gasteiger partial charge in [-0.25, -0.2) is 13.8 Å². The Morgan fingerprint density at radius 1 is 0.889 bits per heavy atom. The number of morpholine rings is 1. The molecular formula is C34H33F2N3O6. The molecule has 0 radical (unpaired) electrons. The highest BCUT2D eigenvalue weighted by atomic mass is 19.1. The number of carbonyl (C=O) groups is 2. The van der Waals surface area contributed by atoms with Gasteiger partial charge in [0, 0.05) is 50.9 Å². The average Bonchev–Trinajstić information content (AvgIpc) is 3.86. The predicted octanol–water partition coefficient (Wildman–Crippen LogP) is 5.12. The fourth-order valence-electron chi connectivity index (χ4n) is 5.49. The van der Waals surface area contributed by atoms with Gasteiger partial charge < -0.3 is 18.9 Å². The molecule has 45 heavy (non-hydrogen) atoms. The number of halogens is 2. The van der Waals surface area contributed by atoms with E-state index in [1.807, 2.05) is 0 Å². The van der Waals surface area contributed by atoms with E-state index in [0.29, 0.717) is 53.1 Å². The SMILES string of the molecule is COc1cc(CC(=O)C2(C(=O)Cc3ccc(Oc4ccnc5cc(OCCN6CCOCC6)ncc45)c(F)c3)CC2)ccc1F. The van der Waals surface area contributed by atoms with Gasteiger partial charge in [0.2, 0.25) is 5.88 Å². The molecule has 234 valence electrons. The van der Waals surface area contributed by atoms with Gasteiger partial charge in [0.15, 0.2) is 34.7 Å². The molecule has 0 atom stereocenters. The number of rotatable bonds is 13. The van der Waals surface area contributed by atoms with Gasteiger partial charge >= 0.3 is 0 Å². The van der Waals surface area contributed by atoms with Crippen LogP contribution in [0.3, 0.4) is 0 Å². The molecule has 0 spiro atoms. The lowest BCUT2D eigenvalue weighted by molar-refractivity contribution is -0.133. The van der Waals surface area contributed by atoms with E-state index in [2.05, 4.69) is 14.9 Å². The van der Waals surface area contributed by atoms with Gasteiger partial charge in [0.1, 0.15) is 12.4 Å². The highest BCUT2D eigenvalue weighted by Crippen LogP contribution is 2.49. The molecule has 3 heterocycles. The second-order valence-electron chi connectivity index (χ2n) is 11.3. The zero-order valence-electron chi connectivity index (χ0n) is 24.9. The quantitative estimate of drug-likeness (QED) is 0.189. The molecule has 11 heteroatoms. The number of carbonyl (C=O) groups excluding carboxylic acids is 2. The molecule has 2 aromatic heterocycles. The van der Waals surface area contributed by atoms with Crippen LogP contribution < -0.4 is 14.2 Å². The van der Waals surface area contributed by atoms with Crippen molar-refractivity contribution in [3.05, 3.63) is 83.7 Å². The topological polar surface area (TPSA) is 100 Å². The highest BCUT2D eigenvalue weighted by Gasteiger charge is 2.54. The van der Waals surface area contributed by atoms with E-state index in [1.54, 1.807) is 30.6 Å². The molecule has 1 aliphatic heterocycles. The molecule has 4 aromatic rings. The van der Waals surface area contributed by atoms with Crippen molar-refractivity contribution in [2.75, 3.05) is 46.6 Å². The number of nitrogens with zero attached hydrogens (tertiary/aromatic N) is 3. The van der Waals surface area contributed by atoms with Crippen LogP contribution in [0.15, 0.2) is 60.9 Å². The maximum atomic E-state index is 15.2. The van der Waals surface area contributed by atoms with Gasteiger partial charge in [-0.1, -0.05) is 12.1 Å². The molecule has 2 fully saturated rings. The minimum absolute atomic E-state index is 0.0136. The minimum atomic E-state index is -1.10. The summed E-state index contributed by atoms with van der Waals surface area (Å²) in [6.45, 7) is 4.44. The number of hydrogen-bond acceptors (Lipinski definition) is 9. The van der Waals surface area contributed by atoms with E-state index < -0.39 is 17.0 Å². The molecule has 0 amide bonds. The van der Waals surface area contributed by atoms with Crippen molar-refractivity contribution in [1.82, 2.24) is 14.9 Å². The Bertz CT molecular complexity index is 1720. The Balaban J connectivity index is 1.08. The van der Waals surface area contributed by atoms with Gasteiger partial charge in [-0.3, -0.25) is 19.5 Å². The monoisotopic (exact) mass is 617 g/mol. The second-order valence-corrected chi connectivity index (χ2v) is 11.3. The Kier molecular flexibility index (Phi) is 8.99. The normalized spacial score (nSPS) is 15.9. The van der Waals surface area contributed by atoms with Crippen molar-refractivity contribution in [3.63, 3.8) is 0 Å². The largest absolute Gasteiger partial charge is 0.494 e. The third kappa shape index (κ3) is 6.94. The Morgan fingerprint density at radius 3 is 2.33 bits per heavy atom. The first-order valence-electron chi connectivity index (χ1n) is 14.9. The second kappa shape index (κ2) is 13.3. The summed E-state index contributed by atoms with van der Waals surface area (Å²) in [5.41, 5.74) is 0.495. The molecule has 1 saturated heterocycles. The Hall–Kier alpha value is -4.48. The number of benzene rings is 2. The van der Waals surface area contributed by atoms with Crippen molar-refractivity contribution in [3.8, 4) is 23.1 Å². The van der Waals surface area contributed by atoms with Crippen LogP contribution >= 0.6 is 0 Å². The molecule has 0 bridgehead atoms. The van der Waals surface area contributed by atoms with Crippen LogP contribution in [0.2, 0.25) is 0 Å². The van der Waals surface area contributed by atoms with Crippen molar-refractivity contribution < 1.29 is 37.3 Å². The molecule has 0 unspecified atom stereocenters. The first kappa shape index (κ1) is 30.5. The van der Waals surface area contributed by atoms with Crippen LogP contribution in [0, 0.1) is 17.0 Å². The Morgan fingerprint density at radius 2 is 1.62 bits per heavy atom. The third-order valence-corrected chi connectivity index (χ3v) is 8.30. The molecule has 6 rings (SSSR count). The summed E-state index contributed by atoms with van der Waals surface area (Å²) in [7, 11) is 1.35. The van der Waals surface area contributed by atoms with Gasteiger partial charge in [-0.05, 0) is 54.3 Å². The number of ether oxygens (including phenoxy) is 4. The number of ketones is 2. The van der Waals surface area contributed by atoms with Gasteiger partial charge in [-0.15, -0.1) is 0 Å². The fourth-order valence-corrected chi connectivity index (χ4v) is 5.49. The summed E-state index contributed by atoms with van der Waals surface area (Å²) >= 11 is 0. The van der Waals surface area contributed by atoms with E-state index >= 15 is 4.39 Å². The molecule has 0 N–H and O–H groups in total. The number of fused-ring (bicyclic) bond motifs is 1. The number of Topliss-reactive ketones (excluding diaryl/α,β-unsaturated/α-hetero) is 2. The molecular weight excluding hydrogens is 584 g/mol. The highest BCUT2D eigenvalue weighted by molar-refractivity contribution is 6.11. The van der Waals surface area contributed by atoms with Gasteiger partial charge in [-0.2, -0.15) is 0 Å². The molecule has 2 aliphatic rings. The van der Waals surface area contributed by atoms with Crippen molar-refractivity contribution in [2.45, 2.75) is 25.7 Å². The van der Waals surface area contributed by atoms with E-state index in [1.165, 1.54) is 37.4 Å². The maximum Gasteiger partial charge on any atom is 0.215 e. The Labute approximate surface area is 259 Å². The number of methoxy groups -OCH3 is 1. The van der Waals surface area contributed by atoms with Crippen molar-refractivity contribution in [2.24, 2.45) is 5.41 Å². The fraction of sp³-hybridized carbons (Fsp3) is 0.353. The lowest BCUT2D eigenvalue weighted by Gasteiger charge is -2.26. The summed E-state index contributed by atoms with van der Waals surface area (Å²) in [5, 5.41) is 0.588. The summed E-state index contributed by atoms with van der Waals surface area (Å²) < 4.78 is 51.0. The van der Waals surface area contributed by atoms with E-state index in [9.17, 15) is 14.0 Å². The maximum absolute atomic E-state index is 15.2. The van der Waals surface area contributed by atoms with Crippen LogP contribution in [0.25, 0.3) is 10.9 Å². The standard InChI is InChI=1S/C34H33F2N3O6/c1-42-30-17-23(2-4-25(30)35)19-32(41)34(7-8-34)31(40)18-22-3-5-29(26(36)16-22)45-28-6-9-37-27-20-33(38-21-24(27)28)44-15-12-39-10-13-43-14-11-39/h2-6,9,16-17,20-21H,7-8,10-15,18-19H2,1H3. The first-order valence-corrected chi connectivity index (χ1v) is 14.9. The predicted molar refractivity (Wildman–Crippen MR) is 161 cm³/mol. The number of pyridine rings is 2. The lowest BCUT2D eigenvalue weighted by atomic mass is 9.88. The van der Waals surface area contributed by atoms with Crippen LogP contribution in [0.5, 0.6) is 23.1 Å². The zero-order valence-corrected chi connectivity index (χ0v) is 24.9. The van der Waals surface area contributed by atoms with Crippen LogP contribution in [-0.2, 0) is 27.2 Å². The number of hydrogen-bond donors (Lipinski definition) is 0. The number of aromatic nitrogens is 2. The summed E-state index contributed by atoms with van der Waals surface area (Å²) in [6, 6.07) is 11.9. The average molecular weight is 618 g/mol. The van der Waals surface area contributed by atoms with Crippen LogP contribution in [-0.4, -0.2) is 73.0 Å². The minimum Gasteiger partial charge on any atom is -0.494 e.